The number of carbonyl (C=O) groups excluding carboxylic acids is 1. The minimum Gasteiger partial charge on any atom is -0.496 e. The van der Waals surface area contributed by atoms with Gasteiger partial charge >= 0.3 is 0 Å². The molecule has 5 nitrogen and oxygen atoms in total. The molecule has 1 amide bonds. The van der Waals surface area contributed by atoms with Crippen molar-refractivity contribution >= 4 is 5.91 Å². The van der Waals surface area contributed by atoms with Crippen LogP contribution in [0.3, 0.4) is 0 Å². The lowest BCUT2D eigenvalue weighted by Crippen LogP contribution is -2.43. The number of hydrogen-bond acceptors (Lipinski definition) is 4. The van der Waals surface area contributed by atoms with Gasteiger partial charge in [-0.15, -0.1) is 0 Å². The standard InChI is InChI=1S/C18H26N2O3/c1-13(12-18(21)20-8-10-23-11-9-20)19-16-7-6-15-14(16)4-3-5-17(15)22-2/h3-5,13,16,19H,6-12H2,1-2H3/t13-,16+/m0/s1. The first-order valence-corrected chi connectivity index (χ1v) is 8.46. The van der Waals surface area contributed by atoms with Crippen molar-refractivity contribution in [2.24, 2.45) is 0 Å². The van der Waals surface area contributed by atoms with Crippen molar-refractivity contribution in [3.8, 4) is 5.75 Å². The molecule has 1 aliphatic heterocycles. The Morgan fingerprint density at radius 2 is 2.22 bits per heavy atom. The third kappa shape index (κ3) is 3.67. The summed E-state index contributed by atoms with van der Waals surface area (Å²) in [6.07, 6.45) is 2.63. The molecule has 1 heterocycles. The molecule has 5 heteroatoms. The van der Waals surface area contributed by atoms with E-state index in [2.05, 4.69) is 18.3 Å². The predicted octanol–water partition coefficient (Wildman–Crippen LogP) is 1.91. The minimum absolute atomic E-state index is 0.160. The molecule has 2 atom stereocenters. The Hall–Kier alpha value is -1.59. The van der Waals surface area contributed by atoms with E-state index in [1.165, 1.54) is 11.1 Å². The maximum atomic E-state index is 12.3. The Kier molecular flexibility index (Phi) is 5.18. The van der Waals surface area contributed by atoms with Gasteiger partial charge in [-0.1, -0.05) is 12.1 Å². The number of carbonyl (C=O) groups is 1. The second-order valence-corrected chi connectivity index (χ2v) is 6.38. The molecule has 0 unspecified atom stereocenters. The SMILES string of the molecule is COc1cccc2c1CC[C@H]2N[C@@H](C)CC(=O)N1CCOCC1. The number of fused-ring (bicyclic) bond motifs is 1. The molecule has 0 aromatic heterocycles. The first-order valence-electron chi connectivity index (χ1n) is 8.46. The van der Waals surface area contributed by atoms with Gasteiger partial charge in [-0.3, -0.25) is 4.79 Å². The molecule has 0 spiro atoms. The lowest BCUT2D eigenvalue weighted by Gasteiger charge is -2.29. The molecule has 1 aliphatic carbocycles. The predicted molar refractivity (Wildman–Crippen MR) is 88.7 cm³/mol. The number of nitrogens with zero attached hydrogens (tertiary/aromatic N) is 1. The van der Waals surface area contributed by atoms with Gasteiger partial charge in [0, 0.05) is 31.6 Å². The molecule has 23 heavy (non-hydrogen) atoms. The van der Waals surface area contributed by atoms with Crippen LogP contribution in [0.15, 0.2) is 18.2 Å². The summed E-state index contributed by atoms with van der Waals surface area (Å²) in [5.74, 6) is 1.20. The zero-order valence-electron chi connectivity index (χ0n) is 14.0. The van der Waals surface area contributed by atoms with Crippen LogP contribution in [-0.2, 0) is 16.0 Å². The van der Waals surface area contributed by atoms with Crippen LogP contribution in [0.2, 0.25) is 0 Å². The van der Waals surface area contributed by atoms with Crippen molar-refractivity contribution < 1.29 is 14.3 Å². The van der Waals surface area contributed by atoms with Gasteiger partial charge in [0.1, 0.15) is 5.75 Å². The Balaban J connectivity index is 1.57. The first kappa shape index (κ1) is 16.3. The van der Waals surface area contributed by atoms with Crippen LogP contribution in [-0.4, -0.2) is 50.3 Å². The molecule has 1 saturated heterocycles. The second kappa shape index (κ2) is 7.32. The number of benzene rings is 1. The highest BCUT2D eigenvalue weighted by Crippen LogP contribution is 2.37. The van der Waals surface area contributed by atoms with Crippen molar-refractivity contribution in [2.45, 2.75) is 38.3 Å². The van der Waals surface area contributed by atoms with Crippen LogP contribution in [0, 0.1) is 0 Å². The van der Waals surface area contributed by atoms with Gasteiger partial charge in [-0.05, 0) is 37.0 Å². The van der Waals surface area contributed by atoms with Crippen LogP contribution in [0.25, 0.3) is 0 Å². The zero-order valence-corrected chi connectivity index (χ0v) is 14.0. The fourth-order valence-corrected chi connectivity index (χ4v) is 3.59. The number of nitrogens with one attached hydrogen (secondary N) is 1. The monoisotopic (exact) mass is 318 g/mol. The summed E-state index contributed by atoms with van der Waals surface area (Å²) in [4.78, 5) is 14.2. The number of ether oxygens (including phenoxy) is 2. The molecule has 0 saturated carbocycles. The van der Waals surface area contributed by atoms with Gasteiger partial charge in [0.25, 0.3) is 0 Å². The molecule has 126 valence electrons. The summed E-state index contributed by atoms with van der Waals surface area (Å²) in [6.45, 7) is 4.84. The van der Waals surface area contributed by atoms with E-state index >= 15 is 0 Å². The molecule has 1 fully saturated rings. The van der Waals surface area contributed by atoms with Crippen molar-refractivity contribution in [1.29, 1.82) is 0 Å². The fraction of sp³-hybridized carbons (Fsp3) is 0.611. The van der Waals surface area contributed by atoms with E-state index in [0.717, 1.165) is 31.7 Å². The summed E-state index contributed by atoms with van der Waals surface area (Å²) in [5.41, 5.74) is 2.62. The van der Waals surface area contributed by atoms with Gasteiger partial charge in [0.2, 0.25) is 5.91 Å². The molecule has 1 aromatic rings. The Labute approximate surface area is 137 Å². The zero-order chi connectivity index (χ0) is 16.2. The van der Waals surface area contributed by atoms with E-state index in [1.807, 2.05) is 17.0 Å². The van der Waals surface area contributed by atoms with E-state index in [-0.39, 0.29) is 11.9 Å². The van der Waals surface area contributed by atoms with E-state index < -0.39 is 0 Å². The fourth-order valence-electron chi connectivity index (χ4n) is 3.59. The molecular weight excluding hydrogens is 292 g/mol. The van der Waals surface area contributed by atoms with Gasteiger partial charge in [0.05, 0.1) is 20.3 Å². The molecule has 1 N–H and O–H groups in total. The largest absolute Gasteiger partial charge is 0.496 e. The van der Waals surface area contributed by atoms with Crippen molar-refractivity contribution in [3.63, 3.8) is 0 Å². The number of amides is 1. The number of rotatable bonds is 5. The molecule has 1 aromatic carbocycles. The molecule has 3 rings (SSSR count). The molecular formula is C18H26N2O3. The van der Waals surface area contributed by atoms with Crippen LogP contribution in [0.5, 0.6) is 5.75 Å². The number of morpholine rings is 1. The van der Waals surface area contributed by atoms with Crippen LogP contribution >= 0.6 is 0 Å². The van der Waals surface area contributed by atoms with E-state index in [0.29, 0.717) is 25.7 Å². The van der Waals surface area contributed by atoms with E-state index in [9.17, 15) is 4.79 Å². The van der Waals surface area contributed by atoms with Crippen LogP contribution in [0.1, 0.15) is 36.9 Å². The average molecular weight is 318 g/mol. The Bertz CT molecular complexity index is 555. The lowest BCUT2D eigenvalue weighted by atomic mass is 10.1. The summed E-state index contributed by atoms with van der Waals surface area (Å²) < 4.78 is 10.8. The Morgan fingerprint density at radius 3 is 2.96 bits per heavy atom. The smallest absolute Gasteiger partial charge is 0.224 e. The highest BCUT2D eigenvalue weighted by atomic mass is 16.5. The van der Waals surface area contributed by atoms with Gasteiger partial charge in [-0.25, -0.2) is 0 Å². The maximum Gasteiger partial charge on any atom is 0.224 e. The molecule has 2 aliphatic rings. The topological polar surface area (TPSA) is 50.8 Å². The number of methoxy groups -OCH3 is 1. The van der Waals surface area contributed by atoms with E-state index in [4.69, 9.17) is 9.47 Å². The third-order valence-corrected chi connectivity index (χ3v) is 4.78. The third-order valence-electron chi connectivity index (χ3n) is 4.78. The molecule has 0 radical (unpaired) electrons. The summed E-state index contributed by atoms with van der Waals surface area (Å²) in [7, 11) is 1.72. The van der Waals surface area contributed by atoms with Gasteiger partial charge in [-0.2, -0.15) is 0 Å². The summed E-state index contributed by atoms with van der Waals surface area (Å²) in [6, 6.07) is 6.70. The minimum atomic E-state index is 0.160. The van der Waals surface area contributed by atoms with Gasteiger partial charge in [0.15, 0.2) is 0 Å². The highest BCUT2D eigenvalue weighted by molar-refractivity contribution is 5.76. The second-order valence-electron chi connectivity index (χ2n) is 6.38. The van der Waals surface area contributed by atoms with Gasteiger partial charge < -0.3 is 19.7 Å². The summed E-state index contributed by atoms with van der Waals surface area (Å²) in [5, 5.41) is 3.62. The Morgan fingerprint density at radius 1 is 1.43 bits per heavy atom. The average Bonchev–Trinajstić information content (AvgIpc) is 2.98. The normalized spacial score (nSPS) is 21.8. The van der Waals surface area contributed by atoms with Crippen molar-refractivity contribution in [2.75, 3.05) is 33.4 Å². The molecule has 0 bridgehead atoms. The first-order chi connectivity index (χ1) is 11.2. The van der Waals surface area contributed by atoms with E-state index in [1.54, 1.807) is 7.11 Å². The highest BCUT2D eigenvalue weighted by Gasteiger charge is 2.27. The van der Waals surface area contributed by atoms with Crippen LogP contribution in [0.4, 0.5) is 0 Å². The maximum absolute atomic E-state index is 12.3. The van der Waals surface area contributed by atoms with Crippen molar-refractivity contribution in [3.05, 3.63) is 29.3 Å². The number of hydrogen-bond donors (Lipinski definition) is 1. The summed E-state index contributed by atoms with van der Waals surface area (Å²) >= 11 is 0. The quantitative estimate of drug-likeness (QED) is 0.901. The lowest BCUT2D eigenvalue weighted by molar-refractivity contribution is -0.135. The van der Waals surface area contributed by atoms with Crippen molar-refractivity contribution in [1.82, 2.24) is 10.2 Å². The van der Waals surface area contributed by atoms with Crippen LogP contribution < -0.4 is 10.1 Å².